The van der Waals surface area contributed by atoms with Crippen LogP contribution in [0.5, 0.6) is 0 Å². The molecule has 1 aliphatic rings. The van der Waals surface area contributed by atoms with E-state index in [1.54, 1.807) is 0 Å². The van der Waals surface area contributed by atoms with Crippen molar-refractivity contribution in [1.29, 1.82) is 0 Å². The van der Waals surface area contributed by atoms with Crippen molar-refractivity contribution in [2.24, 2.45) is 5.92 Å². The molecular formula is C10H20N2O3S. The highest BCUT2D eigenvalue weighted by atomic mass is 32.2. The smallest absolute Gasteiger partial charge is 0.224 e. The van der Waals surface area contributed by atoms with Gasteiger partial charge in [-0.1, -0.05) is 6.92 Å². The Morgan fingerprint density at radius 1 is 1.50 bits per heavy atom. The van der Waals surface area contributed by atoms with Crippen LogP contribution < -0.4 is 5.32 Å². The van der Waals surface area contributed by atoms with Crippen molar-refractivity contribution in [3.05, 3.63) is 0 Å². The van der Waals surface area contributed by atoms with E-state index in [2.05, 4.69) is 5.32 Å². The van der Waals surface area contributed by atoms with Gasteiger partial charge in [0, 0.05) is 19.6 Å². The average Bonchev–Trinajstić information content (AvgIpc) is 2.25. The highest BCUT2D eigenvalue weighted by molar-refractivity contribution is 7.88. The zero-order chi connectivity index (χ0) is 12.2. The summed E-state index contributed by atoms with van der Waals surface area (Å²) in [6.07, 6.45) is 3.63. The van der Waals surface area contributed by atoms with E-state index in [1.807, 2.05) is 6.92 Å². The molecule has 0 aromatic rings. The molecule has 0 spiro atoms. The molecule has 0 radical (unpaired) electrons. The van der Waals surface area contributed by atoms with Crippen molar-refractivity contribution in [3.63, 3.8) is 0 Å². The van der Waals surface area contributed by atoms with Crippen LogP contribution in [0, 0.1) is 5.92 Å². The molecule has 16 heavy (non-hydrogen) atoms. The highest BCUT2D eigenvalue weighted by Crippen LogP contribution is 2.18. The minimum absolute atomic E-state index is 0.0183. The molecule has 0 aromatic carbocycles. The maximum Gasteiger partial charge on any atom is 0.224 e. The lowest BCUT2D eigenvalue weighted by molar-refractivity contribution is -0.126. The second-order valence-electron chi connectivity index (χ2n) is 4.25. The van der Waals surface area contributed by atoms with Crippen LogP contribution in [0.15, 0.2) is 0 Å². The SMILES string of the molecule is CCCNC(=O)C1CCCN(S(C)(=O)=O)C1. The Morgan fingerprint density at radius 2 is 2.19 bits per heavy atom. The van der Waals surface area contributed by atoms with E-state index in [0.29, 0.717) is 19.6 Å². The van der Waals surface area contributed by atoms with Gasteiger partial charge >= 0.3 is 0 Å². The van der Waals surface area contributed by atoms with Crippen LogP contribution in [0.2, 0.25) is 0 Å². The minimum Gasteiger partial charge on any atom is -0.356 e. The van der Waals surface area contributed by atoms with E-state index in [0.717, 1.165) is 19.3 Å². The van der Waals surface area contributed by atoms with Crippen molar-refractivity contribution in [1.82, 2.24) is 9.62 Å². The maximum absolute atomic E-state index is 11.7. The molecule has 1 saturated heterocycles. The van der Waals surface area contributed by atoms with Gasteiger partial charge in [-0.05, 0) is 19.3 Å². The molecule has 5 nitrogen and oxygen atoms in total. The Hall–Kier alpha value is -0.620. The number of rotatable bonds is 4. The third-order valence-electron chi connectivity index (χ3n) is 2.77. The van der Waals surface area contributed by atoms with Gasteiger partial charge in [-0.2, -0.15) is 0 Å². The number of hydrogen-bond donors (Lipinski definition) is 1. The second kappa shape index (κ2) is 5.63. The lowest BCUT2D eigenvalue weighted by atomic mass is 9.99. The summed E-state index contributed by atoms with van der Waals surface area (Å²) >= 11 is 0. The topological polar surface area (TPSA) is 66.5 Å². The van der Waals surface area contributed by atoms with E-state index in [-0.39, 0.29) is 11.8 Å². The molecule has 1 aliphatic heterocycles. The Kier molecular flexibility index (Phi) is 4.73. The van der Waals surface area contributed by atoms with Gasteiger partial charge in [-0.3, -0.25) is 4.79 Å². The van der Waals surface area contributed by atoms with Crippen molar-refractivity contribution >= 4 is 15.9 Å². The summed E-state index contributed by atoms with van der Waals surface area (Å²) in [6.45, 7) is 3.52. The summed E-state index contributed by atoms with van der Waals surface area (Å²) < 4.78 is 24.1. The number of carbonyl (C=O) groups excluding carboxylic acids is 1. The molecular weight excluding hydrogens is 228 g/mol. The molecule has 1 rings (SSSR count). The fraction of sp³-hybridized carbons (Fsp3) is 0.900. The standard InChI is InChI=1S/C10H20N2O3S/c1-3-6-11-10(13)9-5-4-7-12(8-9)16(2,14)15/h9H,3-8H2,1-2H3,(H,11,13). The van der Waals surface area contributed by atoms with Gasteiger partial charge in [0.05, 0.1) is 12.2 Å². The molecule has 0 bridgehead atoms. The third kappa shape index (κ3) is 3.75. The average molecular weight is 248 g/mol. The van der Waals surface area contributed by atoms with Gasteiger partial charge in [0.2, 0.25) is 15.9 Å². The van der Waals surface area contributed by atoms with Crippen molar-refractivity contribution in [3.8, 4) is 0 Å². The van der Waals surface area contributed by atoms with E-state index in [1.165, 1.54) is 10.6 Å². The van der Waals surface area contributed by atoms with Gasteiger partial charge in [0.25, 0.3) is 0 Å². The predicted octanol–water partition coefficient (Wildman–Crippen LogP) is 0.184. The van der Waals surface area contributed by atoms with E-state index in [9.17, 15) is 13.2 Å². The molecule has 1 heterocycles. The quantitative estimate of drug-likeness (QED) is 0.772. The first-order valence-electron chi connectivity index (χ1n) is 5.68. The zero-order valence-corrected chi connectivity index (χ0v) is 10.7. The van der Waals surface area contributed by atoms with Crippen LogP contribution in [-0.2, 0) is 14.8 Å². The third-order valence-corrected chi connectivity index (χ3v) is 4.04. The van der Waals surface area contributed by atoms with Crippen LogP contribution in [0.25, 0.3) is 0 Å². The summed E-state index contributed by atoms with van der Waals surface area (Å²) in [7, 11) is -3.16. The van der Waals surface area contributed by atoms with Gasteiger partial charge in [0.1, 0.15) is 0 Å². The lowest BCUT2D eigenvalue weighted by Crippen LogP contribution is -2.45. The Labute approximate surface area is 97.2 Å². The largest absolute Gasteiger partial charge is 0.356 e. The lowest BCUT2D eigenvalue weighted by Gasteiger charge is -2.30. The van der Waals surface area contributed by atoms with Crippen molar-refractivity contribution in [2.75, 3.05) is 25.9 Å². The van der Waals surface area contributed by atoms with Crippen LogP contribution in [0.3, 0.4) is 0 Å². The molecule has 1 unspecified atom stereocenters. The number of nitrogens with zero attached hydrogens (tertiary/aromatic N) is 1. The first-order chi connectivity index (χ1) is 7.45. The normalized spacial score (nSPS) is 23.0. The van der Waals surface area contributed by atoms with E-state index < -0.39 is 10.0 Å². The van der Waals surface area contributed by atoms with Crippen LogP contribution >= 0.6 is 0 Å². The molecule has 0 aliphatic carbocycles. The molecule has 6 heteroatoms. The molecule has 1 amide bonds. The number of carbonyl (C=O) groups is 1. The van der Waals surface area contributed by atoms with Crippen LogP contribution in [0.4, 0.5) is 0 Å². The Morgan fingerprint density at radius 3 is 2.75 bits per heavy atom. The summed E-state index contributed by atoms with van der Waals surface area (Å²) in [5, 5.41) is 2.81. The Bertz CT molecular complexity index is 340. The van der Waals surface area contributed by atoms with Gasteiger partial charge in [0.15, 0.2) is 0 Å². The fourth-order valence-corrected chi connectivity index (χ4v) is 2.76. The predicted molar refractivity (Wildman–Crippen MR) is 62.4 cm³/mol. The van der Waals surface area contributed by atoms with E-state index in [4.69, 9.17) is 0 Å². The number of nitrogens with one attached hydrogen (secondary N) is 1. The van der Waals surface area contributed by atoms with Crippen LogP contribution in [-0.4, -0.2) is 44.5 Å². The van der Waals surface area contributed by atoms with Crippen molar-refractivity contribution in [2.45, 2.75) is 26.2 Å². The van der Waals surface area contributed by atoms with E-state index >= 15 is 0 Å². The van der Waals surface area contributed by atoms with Gasteiger partial charge in [-0.25, -0.2) is 12.7 Å². The summed E-state index contributed by atoms with van der Waals surface area (Å²) in [5.74, 6) is -0.203. The molecule has 94 valence electrons. The number of amides is 1. The highest BCUT2D eigenvalue weighted by Gasteiger charge is 2.29. The second-order valence-corrected chi connectivity index (χ2v) is 6.23. The fourth-order valence-electron chi connectivity index (χ4n) is 1.85. The molecule has 1 N–H and O–H groups in total. The van der Waals surface area contributed by atoms with Crippen molar-refractivity contribution < 1.29 is 13.2 Å². The monoisotopic (exact) mass is 248 g/mol. The first kappa shape index (κ1) is 13.4. The summed E-state index contributed by atoms with van der Waals surface area (Å²) in [6, 6.07) is 0. The van der Waals surface area contributed by atoms with Gasteiger partial charge in [-0.15, -0.1) is 0 Å². The van der Waals surface area contributed by atoms with Crippen LogP contribution in [0.1, 0.15) is 26.2 Å². The number of sulfonamides is 1. The zero-order valence-electron chi connectivity index (χ0n) is 9.90. The molecule has 0 saturated carbocycles. The first-order valence-corrected chi connectivity index (χ1v) is 7.52. The summed E-state index contributed by atoms with van der Waals surface area (Å²) in [5.41, 5.74) is 0. The number of piperidine rings is 1. The molecule has 0 aromatic heterocycles. The molecule has 1 atom stereocenters. The van der Waals surface area contributed by atoms with Gasteiger partial charge < -0.3 is 5.32 Å². The number of hydrogen-bond acceptors (Lipinski definition) is 3. The summed E-state index contributed by atoms with van der Waals surface area (Å²) in [4.78, 5) is 11.7. The minimum atomic E-state index is -3.16. The Balaban J connectivity index is 2.54. The molecule has 1 fully saturated rings. The maximum atomic E-state index is 11.7.